The standard InChI is InChI=1S/C16H18ClN3O2/c1-11-5-4-8-18-15(11)19-9-10-20-16(22)14(21)12-6-2-3-7-13(12)17/h2-8,14,21H,9-10H2,1H3,(H,18,19)(H,20,22)/t14-/m0/s1. The average molecular weight is 320 g/mol. The van der Waals surface area contributed by atoms with Gasteiger partial charge in [0.25, 0.3) is 5.91 Å². The summed E-state index contributed by atoms with van der Waals surface area (Å²) in [7, 11) is 0. The summed E-state index contributed by atoms with van der Waals surface area (Å²) in [4.78, 5) is 16.1. The number of hydrogen-bond acceptors (Lipinski definition) is 4. The number of rotatable bonds is 6. The molecule has 0 saturated carbocycles. The molecule has 2 aromatic rings. The molecule has 3 N–H and O–H groups in total. The minimum atomic E-state index is -1.27. The maximum absolute atomic E-state index is 11.9. The summed E-state index contributed by atoms with van der Waals surface area (Å²) < 4.78 is 0. The van der Waals surface area contributed by atoms with Crippen molar-refractivity contribution in [1.82, 2.24) is 10.3 Å². The van der Waals surface area contributed by atoms with Crippen molar-refractivity contribution in [2.45, 2.75) is 13.0 Å². The molecule has 22 heavy (non-hydrogen) atoms. The Morgan fingerprint density at radius 1 is 1.27 bits per heavy atom. The molecule has 0 unspecified atom stereocenters. The van der Waals surface area contributed by atoms with Gasteiger partial charge in [-0.05, 0) is 24.6 Å². The SMILES string of the molecule is Cc1cccnc1NCCNC(=O)[C@@H](O)c1ccccc1Cl. The van der Waals surface area contributed by atoms with Gasteiger partial charge in [-0.25, -0.2) is 4.98 Å². The van der Waals surface area contributed by atoms with Gasteiger partial charge in [-0.15, -0.1) is 0 Å². The molecule has 0 bridgehead atoms. The predicted molar refractivity (Wildman–Crippen MR) is 86.9 cm³/mol. The largest absolute Gasteiger partial charge is 0.378 e. The Morgan fingerprint density at radius 2 is 2.05 bits per heavy atom. The van der Waals surface area contributed by atoms with E-state index in [-0.39, 0.29) is 0 Å². The molecule has 1 amide bonds. The van der Waals surface area contributed by atoms with Crippen LogP contribution < -0.4 is 10.6 Å². The van der Waals surface area contributed by atoms with Crippen molar-refractivity contribution in [2.24, 2.45) is 0 Å². The number of hydrogen-bond donors (Lipinski definition) is 3. The van der Waals surface area contributed by atoms with E-state index in [0.717, 1.165) is 11.4 Å². The first kappa shape index (κ1) is 16.3. The number of aliphatic hydroxyl groups is 1. The van der Waals surface area contributed by atoms with E-state index in [0.29, 0.717) is 23.7 Å². The highest BCUT2D eigenvalue weighted by atomic mass is 35.5. The topological polar surface area (TPSA) is 74.2 Å². The Hall–Kier alpha value is -2.11. The molecule has 2 rings (SSSR count). The van der Waals surface area contributed by atoms with Crippen molar-refractivity contribution in [3.63, 3.8) is 0 Å². The van der Waals surface area contributed by atoms with Gasteiger partial charge < -0.3 is 15.7 Å². The van der Waals surface area contributed by atoms with Crippen LogP contribution in [0.2, 0.25) is 5.02 Å². The first-order valence-corrected chi connectivity index (χ1v) is 7.33. The normalized spacial score (nSPS) is 11.8. The minimum absolute atomic E-state index is 0.368. The van der Waals surface area contributed by atoms with Crippen molar-refractivity contribution in [3.8, 4) is 0 Å². The van der Waals surface area contributed by atoms with Crippen LogP contribution in [0.4, 0.5) is 5.82 Å². The summed E-state index contributed by atoms with van der Waals surface area (Å²) in [5, 5.41) is 16.2. The molecule has 0 fully saturated rings. The number of anilines is 1. The molecular weight excluding hydrogens is 302 g/mol. The van der Waals surface area contributed by atoms with Crippen LogP contribution in [-0.4, -0.2) is 29.1 Å². The Bertz CT molecular complexity index is 649. The van der Waals surface area contributed by atoms with Crippen molar-refractivity contribution in [2.75, 3.05) is 18.4 Å². The number of aliphatic hydroxyl groups excluding tert-OH is 1. The monoisotopic (exact) mass is 319 g/mol. The Morgan fingerprint density at radius 3 is 2.77 bits per heavy atom. The highest BCUT2D eigenvalue weighted by Crippen LogP contribution is 2.22. The zero-order valence-corrected chi connectivity index (χ0v) is 13.0. The molecule has 0 radical (unpaired) electrons. The molecule has 5 nitrogen and oxygen atoms in total. The molecule has 0 spiro atoms. The lowest BCUT2D eigenvalue weighted by Crippen LogP contribution is -2.33. The molecule has 0 aliphatic heterocycles. The number of nitrogens with zero attached hydrogens (tertiary/aromatic N) is 1. The van der Waals surface area contributed by atoms with Crippen molar-refractivity contribution >= 4 is 23.3 Å². The van der Waals surface area contributed by atoms with Gasteiger partial charge in [-0.3, -0.25) is 4.79 Å². The second kappa shape index (κ2) is 7.77. The van der Waals surface area contributed by atoms with E-state index in [2.05, 4.69) is 15.6 Å². The van der Waals surface area contributed by atoms with Crippen LogP contribution in [0, 0.1) is 6.92 Å². The molecule has 1 aromatic heterocycles. The summed E-state index contributed by atoms with van der Waals surface area (Å²) in [6, 6.07) is 10.6. The van der Waals surface area contributed by atoms with E-state index in [4.69, 9.17) is 11.6 Å². The van der Waals surface area contributed by atoms with Gasteiger partial charge in [0, 0.05) is 29.9 Å². The van der Waals surface area contributed by atoms with Gasteiger partial charge in [0.05, 0.1) is 0 Å². The second-order valence-electron chi connectivity index (χ2n) is 4.81. The van der Waals surface area contributed by atoms with Gasteiger partial charge in [0.15, 0.2) is 6.10 Å². The van der Waals surface area contributed by atoms with Gasteiger partial charge in [-0.1, -0.05) is 35.9 Å². The number of aryl methyl sites for hydroxylation is 1. The van der Waals surface area contributed by atoms with Crippen LogP contribution in [0.5, 0.6) is 0 Å². The molecule has 1 heterocycles. The minimum Gasteiger partial charge on any atom is -0.378 e. The zero-order valence-electron chi connectivity index (χ0n) is 12.2. The van der Waals surface area contributed by atoms with Crippen LogP contribution in [0.3, 0.4) is 0 Å². The maximum atomic E-state index is 11.9. The average Bonchev–Trinajstić information content (AvgIpc) is 2.52. The van der Waals surface area contributed by atoms with E-state index < -0.39 is 12.0 Å². The first-order valence-electron chi connectivity index (χ1n) is 6.95. The smallest absolute Gasteiger partial charge is 0.253 e. The summed E-state index contributed by atoms with van der Waals surface area (Å²) in [6.45, 7) is 2.84. The van der Waals surface area contributed by atoms with Crippen LogP contribution >= 0.6 is 11.6 Å². The fourth-order valence-electron chi connectivity index (χ4n) is 1.97. The molecule has 0 aliphatic carbocycles. The predicted octanol–water partition coefficient (Wildman–Crippen LogP) is 2.31. The van der Waals surface area contributed by atoms with Crippen LogP contribution in [0.25, 0.3) is 0 Å². The Balaban J connectivity index is 1.81. The third-order valence-electron chi connectivity index (χ3n) is 3.17. The molecule has 0 saturated heterocycles. The number of benzene rings is 1. The fraction of sp³-hybridized carbons (Fsp3) is 0.250. The number of pyridine rings is 1. The van der Waals surface area contributed by atoms with E-state index in [9.17, 15) is 9.90 Å². The molecule has 1 aromatic carbocycles. The lowest BCUT2D eigenvalue weighted by atomic mass is 10.1. The van der Waals surface area contributed by atoms with Crippen molar-refractivity contribution in [1.29, 1.82) is 0 Å². The summed E-state index contributed by atoms with van der Waals surface area (Å²) in [6.07, 6.45) is 0.431. The van der Waals surface area contributed by atoms with E-state index >= 15 is 0 Å². The molecule has 1 atom stereocenters. The Labute approximate surface area is 134 Å². The van der Waals surface area contributed by atoms with E-state index in [1.807, 2.05) is 19.1 Å². The summed E-state index contributed by atoms with van der Waals surface area (Å²) in [5.74, 6) is 0.302. The number of carbonyl (C=O) groups excluding carboxylic acids is 1. The molecule has 116 valence electrons. The fourth-order valence-corrected chi connectivity index (χ4v) is 2.21. The van der Waals surface area contributed by atoms with E-state index in [1.165, 1.54) is 0 Å². The number of carbonyl (C=O) groups is 1. The molecular formula is C16H18ClN3O2. The first-order chi connectivity index (χ1) is 10.6. The molecule has 6 heteroatoms. The molecule has 0 aliphatic rings. The van der Waals surface area contributed by atoms with Gasteiger partial charge in [0.2, 0.25) is 0 Å². The van der Waals surface area contributed by atoms with Crippen molar-refractivity contribution in [3.05, 3.63) is 58.7 Å². The number of nitrogens with one attached hydrogen (secondary N) is 2. The van der Waals surface area contributed by atoms with Crippen LogP contribution in [-0.2, 0) is 4.79 Å². The van der Waals surface area contributed by atoms with Crippen LogP contribution in [0.15, 0.2) is 42.6 Å². The summed E-state index contributed by atoms with van der Waals surface area (Å²) in [5.41, 5.74) is 1.43. The van der Waals surface area contributed by atoms with Crippen LogP contribution in [0.1, 0.15) is 17.2 Å². The van der Waals surface area contributed by atoms with Gasteiger partial charge in [-0.2, -0.15) is 0 Å². The Kier molecular flexibility index (Phi) is 5.75. The third kappa shape index (κ3) is 4.19. The maximum Gasteiger partial charge on any atom is 0.253 e. The lowest BCUT2D eigenvalue weighted by molar-refractivity contribution is -0.129. The number of aromatic nitrogens is 1. The summed E-state index contributed by atoms with van der Waals surface area (Å²) >= 11 is 5.96. The lowest BCUT2D eigenvalue weighted by Gasteiger charge is -2.13. The quantitative estimate of drug-likeness (QED) is 0.714. The highest BCUT2D eigenvalue weighted by Gasteiger charge is 2.18. The zero-order chi connectivity index (χ0) is 15.9. The van der Waals surface area contributed by atoms with Crippen molar-refractivity contribution < 1.29 is 9.90 Å². The highest BCUT2D eigenvalue weighted by molar-refractivity contribution is 6.31. The van der Waals surface area contributed by atoms with E-state index in [1.54, 1.807) is 30.5 Å². The van der Waals surface area contributed by atoms with Gasteiger partial charge in [0.1, 0.15) is 5.82 Å². The number of halogens is 1. The number of amides is 1. The van der Waals surface area contributed by atoms with Gasteiger partial charge >= 0.3 is 0 Å². The third-order valence-corrected chi connectivity index (χ3v) is 3.52. The second-order valence-corrected chi connectivity index (χ2v) is 5.22.